The zero-order chi connectivity index (χ0) is 19.9. The Morgan fingerprint density at radius 1 is 0.964 bits per heavy atom. The lowest BCUT2D eigenvalue weighted by atomic mass is 10.0. The Hall–Kier alpha value is -0.800. The first-order chi connectivity index (χ1) is 13.8. The molecule has 2 atom stereocenters. The van der Waals surface area contributed by atoms with Crippen LogP contribution < -0.4 is 0 Å². The summed E-state index contributed by atoms with van der Waals surface area (Å²) in [5.41, 5.74) is 0. The Kier molecular flexibility index (Phi) is 12.7. The van der Waals surface area contributed by atoms with Gasteiger partial charge in [-0.05, 0) is 50.7 Å². The third-order valence-corrected chi connectivity index (χ3v) is 5.90. The molecule has 0 amide bonds. The molecule has 2 unspecified atom stereocenters. The van der Waals surface area contributed by atoms with Gasteiger partial charge in [0.25, 0.3) is 0 Å². The third-order valence-electron chi connectivity index (χ3n) is 5.90. The molecular weight excluding hydrogens is 348 g/mol. The molecule has 1 saturated heterocycles. The van der Waals surface area contributed by atoms with E-state index in [0.29, 0.717) is 5.92 Å². The minimum Gasteiger partial charge on any atom is -0.466 e. The number of furan rings is 1. The summed E-state index contributed by atoms with van der Waals surface area (Å²) in [7, 11) is 0. The fraction of sp³-hybridized carbons (Fsp3) is 0.840. The van der Waals surface area contributed by atoms with Crippen LogP contribution in [0.4, 0.5) is 0 Å². The maximum atomic E-state index is 6.01. The highest BCUT2D eigenvalue weighted by atomic mass is 16.7. The third kappa shape index (κ3) is 10.1. The zero-order valence-electron chi connectivity index (χ0n) is 18.6. The summed E-state index contributed by atoms with van der Waals surface area (Å²) in [5, 5.41) is 0. The molecule has 1 aliphatic rings. The van der Waals surface area contributed by atoms with Gasteiger partial charge in [0.1, 0.15) is 11.5 Å². The number of rotatable bonds is 16. The lowest BCUT2D eigenvalue weighted by Crippen LogP contribution is -2.22. The average molecular weight is 393 g/mol. The van der Waals surface area contributed by atoms with Crippen molar-refractivity contribution in [3.8, 4) is 0 Å². The van der Waals surface area contributed by atoms with Crippen LogP contribution in [0.15, 0.2) is 16.5 Å². The standard InChI is InChI=1S/C25H44O3/c1-3-15-22(2)24-19-18-23(28-24)16-11-9-7-5-4-6-8-10-13-20-26-25-17-12-14-21-27-25/h18-19,22,25H,3-17,20-21H2,1-2H3. The molecule has 3 nitrogen and oxygen atoms in total. The number of ether oxygens (including phenoxy) is 2. The van der Waals surface area contributed by atoms with Gasteiger partial charge in [0.05, 0.1) is 0 Å². The Morgan fingerprint density at radius 3 is 2.36 bits per heavy atom. The molecule has 0 bridgehead atoms. The van der Waals surface area contributed by atoms with Crippen molar-refractivity contribution in [2.24, 2.45) is 0 Å². The van der Waals surface area contributed by atoms with Crippen molar-refractivity contribution >= 4 is 0 Å². The molecule has 162 valence electrons. The Bertz CT molecular complexity index is 476. The van der Waals surface area contributed by atoms with E-state index < -0.39 is 0 Å². The van der Waals surface area contributed by atoms with Crippen LogP contribution in [0.2, 0.25) is 0 Å². The van der Waals surface area contributed by atoms with Gasteiger partial charge in [-0.25, -0.2) is 0 Å². The van der Waals surface area contributed by atoms with E-state index in [1.807, 2.05) is 0 Å². The van der Waals surface area contributed by atoms with Gasteiger partial charge in [-0.3, -0.25) is 0 Å². The highest BCUT2D eigenvalue weighted by molar-refractivity contribution is 5.10. The highest BCUT2D eigenvalue weighted by Crippen LogP contribution is 2.23. The second-order valence-electron chi connectivity index (χ2n) is 8.59. The monoisotopic (exact) mass is 392 g/mol. The van der Waals surface area contributed by atoms with Crippen molar-refractivity contribution in [2.45, 2.75) is 122 Å². The summed E-state index contributed by atoms with van der Waals surface area (Å²) in [6.45, 7) is 6.26. The van der Waals surface area contributed by atoms with Crippen LogP contribution >= 0.6 is 0 Å². The first kappa shape index (κ1) is 23.5. The quantitative estimate of drug-likeness (QED) is 0.269. The molecule has 1 aromatic rings. The van der Waals surface area contributed by atoms with Gasteiger partial charge in [-0.2, -0.15) is 0 Å². The molecule has 0 aromatic carbocycles. The van der Waals surface area contributed by atoms with Gasteiger partial charge in [0.2, 0.25) is 0 Å². The van der Waals surface area contributed by atoms with Gasteiger partial charge in [-0.1, -0.05) is 65.2 Å². The van der Waals surface area contributed by atoms with Gasteiger partial charge in [-0.15, -0.1) is 0 Å². The fourth-order valence-corrected chi connectivity index (χ4v) is 4.07. The predicted molar refractivity (Wildman–Crippen MR) is 117 cm³/mol. The van der Waals surface area contributed by atoms with Gasteiger partial charge < -0.3 is 13.9 Å². The van der Waals surface area contributed by atoms with E-state index in [9.17, 15) is 0 Å². The topological polar surface area (TPSA) is 31.6 Å². The fourth-order valence-electron chi connectivity index (χ4n) is 4.07. The highest BCUT2D eigenvalue weighted by Gasteiger charge is 2.13. The summed E-state index contributed by atoms with van der Waals surface area (Å²) < 4.78 is 17.4. The largest absolute Gasteiger partial charge is 0.466 e. The molecule has 1 aliphatic heterocycles. The van der Waals surface area contributed by atoms with Crippen LogP contribution in [-0.2, 0) is 15.9 Å². The minimum atomic E-state index is 0.0845. The summed E-state index contributed by atoms with van der Waals surface area (Å²) in [4.78, 5) is 0. The van der Waals surface area contributed by atoms with Crippen molar-refractivity contribution in [2.75, 3.05) is 13.2 Å². The van der Waals surface area contributed by atoms with E-state index in [-0.39, 0.29) is 6.29 Å². The van der Waals surface area contributed by atoms with Crippen molar-refractivity contribution < 1.29 is 13.9 Å². The van der Waals surface area contributed by atoms with Gasteiger partial charge in [0, 0.05) is 25.6 Å². The molecule has 1 aromatic heterocycles. The van der Waals surface area contributed by atoms with Crippen LogP contribution in [0.3, 0.4) is 0 Å². The number of aryl methyl sites for hydroxylation is 1. The second kappa shape index (κ2) is 15.1. The van der Waals surface area contributed by atoms with Crippen LogP contribution in [0.5, 0.6) is 0 Å². The lowest BCUT2D eigenvalue weighted by molar-refractivity contribution is -0.162. The summed E-state index contributed by atoms with van der Waals surface area (Å²) >= 11 is 0. The van der Waals surface area contributed by atoms with E-state index in [1.165, 1.54) is 95.0 Å². The molecular formula is C25H44O3. The molecule has 2 rings (SSSR count). The van der Waals surface area contributed by atoms with Crippen LogP contribution in [-0.4, -0.2) is 19.5 Å². The van der Waals surface area contributed by atoms with Crippen molar-refractivity contribution in [1.82, 2.24) is 0 Å². The average Bonchev–Trinajstić information content (AvgIpc) is 3.19. The van der Waals surface area contributed by atoms with E-state index in [1.54, 1.807) is 0 Å². The lowest BCUT2D eigenvalue weighted by Gasteiger charge is -2.22. The molecule has 0 radical (unpaired) electrons. The molecule has 3 heteroatoms. The van der Waals surface area contributed by atoms with Crippen LogP contribution in [0.25, 0.3) is 0 Å². The van der Waals surface area contributed by atoms with E-state index in [0.717, 1.165) is 26.1 Å². The smallest absolute Gasteiger partial charge is 0.157 e. The Balaban J connectivity index is 1.34. The van der Waals surface area contributed by atoms with E-state index in [4.69, 9.17) is 13.9 Å². The normalized spacial score (nSPS) is 18.4. The summed E-state index contributed by atoms with van der Waals surface area (Å²) in [6.07, 6.45) is 19.1. The number of unbranched alkanes of at least 4 members (excludes halogenated alkanes) is 8. The predicted octanol–water partition coefficient (Wildman–Crippen LogP) is 7.78. The second-order valence-corrected chi connectivity index (χ2v) is 8.59. The molecule has 28 heavy (non-hydrogen) atoms. The number of hydrogen-bond donors (Lipinski definition) is 0. The molecule has 1 fully saturated rings. The Morgan fingerprint density at radius 2 is 1.68 bits per heavy atom. The van der Waals surface area contributed by atoms with E-state index in [2.05, 4.69) is 26.0 Å². The maximum Gasteiger partial charge on any atom is 0.157 e. The maximum absolute atomic E-state index is 6.01. The van der Waals surface area contributed by atoms with Crippen LogP contribution in [0.1, 0.15) is 121 Å². The summed E-state index contributed by atoms with van der Waals surface area (Å²) in [5.74, 6) is 2.92. The molecule has 0 aliphatic carbocycles. The molecule has 0 saturated carbocycles. The first-order valence-electron chi connectivity index (χ1n) is 12.1. The first-order valence-corrected chi connectivity index (χ1v) is 12.1. The van der Waals surface area contributed by atoms with Gasteiger partial charge in [0.15, 0.2) is 6.29 Å². The SMILES string of the molecule is CCCC(C)c1ccc(CCCCCCCCCCCOC2CCCCO2)o1. The van der Waals surface area contributed by atoms with Crippen molar-refractivity contribution in [3.63, 3.8) is 0 Å². The van der Waals surface area contributed by atoms with E-state index >= 15 is 0 Å². The Labute approximate surface area is 173 Å². The molecule has 0 N–H and O–H groups in total. The van der Waals surface area contributed by atoms with Gasteiger partial charge >= 0.3 is 0 Å². The summed E-state index contributed by atoms with van der Waals surface area (Å²) in [6, 6.07) is 4.37. The molecule has 0 spiro atoms. The minimum absolute atomic E-state index is 0.0845. The zero-order valence-corrected chi connectivity index (χ0v) is 18.6. The number of hydrogen-bond acceptors (Lipinski definition) is 3. The molecule has 2 heterocycles. The van der Waals surface area contributed by atoms with Crippen molar-refractivity contribution in [1.29, 1.82) is 0 Å². The van der Waals surface area contributed by atoms with Crippen LogP contribution in [0, 0.1) is 0 Å². The van der Waals surface area contributed by atoms with Crippen molar-refractivity contribution in [3.05, 3.63) is 23.7 Å².